The number of ketones is 1. The van der Waals surface area contributed by atoms with E-state index < -0.39 is 0 Å². The topological polar surface area (TPSA) is 17.1 Å². The van der Waals surface area contributed by atoms with Gasteiger partial charge in [0.05, 0.1) is 4.88 Å². The molecule has 1 aromatic carbocycles. The molecule has 0 saturated heterocycles. The Morgan fingerprint density at radius 3 is 2.72 bits per heavy atom. The summed E-state index contributed by atoms with van der Waals surface area (Å²) in [5.41, 5.74) is 2.00. The zero-order valence-electron chi connectivity index (χ0n) is 10.4. The highest BCUT2D eigenvalue weighted by atomic mass is 79.9. The summed E-state index contributed by atoms with van der Waals surface area (Å²) < 4.78 is 0.881. The predicted molar refractivity (Wildman–Crippen MR) is 80.4 cm³/mol. The first-order valence-electron chi connectivity index (χ1n) is 5.94. The summed E-state index contributed by atoms with van der Waals surface area (Å²) >= 11 is 4.89. The van der Waals surface area contributed by atoms with Crippen molar-refractivity contribution in [2.45, 2.75) is 20.3 Å². The first-order valence-corrected chi connectivity index (χ1v) is 7.62. The molecule has 0 aliphatic heterocycles. The minimum atomic E-state index is 0.0995. The van der Waals surface area contributed by atoms with Crippen molar-refractivity contribution in [3.05, 3.63) is 56.2 Å². The summed E-state index contributed by atoms with van der Waals surface area (Å²) in [6.45, 7) is 4.37. The van der Waals surface area contributed by atoms with Crippen molar-refractivity contribution in [2.24, 2.45) is 5.92 Å². The molecule has 1 nitrogen and oxygen atoms in total. The lowest BCUT2D eigenvalue weighted by Gasteiger charge is -2.06. The molecule has 0 amide bonds. The first-order chi connectivity index (χ1) is 8.58. The molecule has 18 heavy (non-hydrogen) atoms. The zero-order chi connectivity index (χ0) is 13.1. The molecule has 0 aliphatic carbocycles. The highest BCUT2D eigenvalue weighted by molar-refractivity contribution is 9.10. The Morgan fingerprint density at radius 1 is 1.33 bits per heavy atom. The third-order valence-corrected chi connectivity index (χ3v) is 4.49. The number of carbonyl (C=O) groups excluding carboxylic acids is 1. The Kier molecular flexibility index (Phi) is 4.36. The summed E-state index contributed by atoms with van der Waals surface area (Å²) in [6, 6.07) is 9.86. The molecule has 0 unspecified atom stereocenters. The van der Waals surface area contributed by atoms with Crippen LogP contribution in [0.2, 0.25) is 0 Å². The number of benzene rings is 1. The Labute approximate surface area is 120 Å². The predicted octanol–water partition coefficient (Wildman–Crippen LogP) is 4.94. The van der Waals surface area contributed by atoms with Crippen LogP contribution < -0.4 is 0 Å². The van der Waals surface area contributed by atoms with Crippen LogP contribution in [0.15, 0.2) is 40.2 Å². The van der Waals surface area contributed by atoms with Crippen LogP contribution in [0, 0.1) is 5.92 Å². The summed E-state index contributed by atoms with van der Waals surface area (Å²) in [7, 11) is 0. The van der Waals surface area contributed by atoms with E-state index in [-0.39, 0.29) is 5.78 Å². The maximum atomic E-state index is 12.3. The molecule has 0 spiro atoms. The van der Waals surface area contributed by atoms with Gasteiger partial charge in [0, 0.05) is 10.0 Å². The molecule has 0 radical (unpaired) electrons. The number of halogens is 1. The molecule has 3 heteroatoms. The van der Waals surface area contributed by atoms with E-state index in [1.807, 2.05) is 29.6 Å². The molecule has 0 aliphatic rings. The summed E-state index contributed by atoms with van der Waals surface area (Å²) in [5.74, 6) is 0.700. The van der Waals surface area contributed by atoms with Gasteiger partial charge < -0.3 is 0 Å². The van der Waals surface area contributed by atoms with Gasteiger partial charge in [-0.3, -0.25) is 4.79 Å². The molecular formula is C15H15BrOS. The maximum Gasteiger partial charge on any atom is 0.204 e. The smallest absolute Gasteiger partial charge is 0.204 e. The van der Waals surface area contributed by atoms with E-state index in [1.165, 1.54) is 16.9 Å². The van der Waals surface area contributed by atoms with Gasteiger partial charge in [0.15, 0.2) is 0 Å². The van der Waals surface area contributed by atoms with Crippen LogP contribution in [0.3, 0.4) is 0 Å². The Balaban J connectivity index is 2.29. The molecule has 2 aromatic rings. The average molecular weight is 323 g/mol. The van der Waals surface area contributed by atoms with Gasteiger partial charge in [-0.2, -0.15) is 0 Å². The normalized spacial score (nSPS) is 10.9. The fourth-order valence-electron chi connectivity index (χ4n) is 1.90. The van der Waals surface area contributed by atoms with Gasteiger partial charge in [0.25, 0.3) is 0 Å². The number of hydrogen-bond acceptors (Lipinski definition) is 2. The van der Waals surface area contributed by atoms with E-state index in [1.54, 1.807) is 0 Å². The van der Waals surface area contributed by atoms with E-state index in [2.05, 4.69) is 35.8 Å². The van der Waals surface area contributed by atoms with Crippen molar-refractivity contribution >= 4 is 33.0 Å². The van der Waals surface area contributed by atoms with E-state index in [9.17, 15) is 4.79 Å². The minimum absolute atomic E-state index is 0.0995. The Hall–Kier alpha value is -0.930. The second-order valence-electron chi connectivity index (χ2n) is 4.73. The molecule has 0 bridgehead atoms. The van der Waals surface area contributed by atoms with Crippen molar-refractivity contribution in [1.29, 1.82) is 0 Å². The molecule has 0 atom stereocenters. The molecule has 0 fully saturated rings. The van der Waals surface area contributed by atoms with Gasteiger partial charge >= 0.3 is 0 Å². The fraction of sp³-hybridized carbons (Fsp3) is 0.267. The largest absolute Gasteiger partial charge is 0.288 e. The lowest BCUT2D eigenvalue weighted by atomic mass is 9.99. The van der Waals surface area contributed by atoms with Crippen LogP contribution in [0.25, 0.3) is 0 Å². The second-order valence-corrected chi connectivity index (χ2v) is 6.50. The van der Waals surface area contributed by atoms with Crippen LogP contribution in [-0.2, 0) is 6.42 Å². The Bertz CT molecular complexity index is 557. The number of thiophene rings is 1. The lowest BCUT2D eigenvalue weighted by molar-refractivity contribution is 0.104. The van der Waals surface area contributed by atoms with Gasteiger partial charge in [-0.05, 0) is 51.3 Å². The van der Waals surface area contributed by atoms with Gasteiger partial charge in [-0.15, -0.1) is 11.3 Å². The van der Waals surface area contributed by atoms with Gasteiger partial charge in [0.1, 0.15) is 0 Å². The van der Waals surface area contributed by atoms with Gasteiger partial charge in [-0.1, -0.05) is 32.0 Å². The molecular weight excluding hydrogens is 308 g/mol. The number of carbonyl (C=O) groups is 1. The van der Waals surface area contributed by atoms with E-state index in [0.717, 1.165) is 21.3 Å². The highest BCUT2D eigenvalue weighted by Crippen LogP contribution is 2.26. The van der Waals surface area contributed by atoms with Crippen molar-refractivity contribution in [2.75, 3.05) is 0 Å². The van der Waals surface area contributed by atoms with Crippen LogP contribution in [0.4, 0.5) is 0 Å². The van der Waals surface area contributed by atoms with E-state index >= 15 is 0 Å². The van der Waals surface area contributed by atoms with Crippen LogP contribution in [0.5, 0.6) is 0 Å². The van der Waals surface area contributed by atoms with Crippen LogP contribution in [0.1, 0.15) is 34.6 Å². The van der Waals surface area contributed by atoms with Crippen LogP contribution in [-0.4, -0.2) is 5.78 Å². The third-order valence-electron chi connectivity index (χ3n) is 2.66. The van der Waals surface area contributed by atoms with E-state index in [4.69, 9.17) is 0 Å². The molecule has 1 aromatic heterocycles. The number of hydrogen-bond donors (Lipinski definition) is 0. The maximum absolute atomic E-state index is 12.3. The van der Waals surface area contributed by atoms with E-state index in [0.29, 0.717) is 5.92 Å². The quantitative estimate of drug-likeness (QED) is 0.728. The third kappa shape index (κ3) is 3.09. The van der Waals surface area contributed by atoms with Crippen molar-refractivity contribution in [3.63, 3.8) is 0 Å². The zero-order valence-corrected chi connectivity index (χ0v) is 12.8. The fourth-order valence-corrected chi connectivity index (χ4v) is 3.41. The molecule has 0 N–H and O–H groups in total. The van der Waals surface area contributed by atoms with Crippen molar-refractivity contribution in [3.8, 4) is 0 Å². The summed E-state index contributed by atoms with van der Waals surface area (Å²) in [5, 5.41) is 1.93. The molecule has 2 rings (SSSR count). The monoisotopic (exact) mass is 322 g/mol. The lowest BCUT2D eigenvalue weighted by Crippen LogP contribution is -2.01. The summed E-state index contributed by atoms with van der Waals surface area (Å²) in [6.07, 6.45) is 1.01. The standard InChI is InChI=1S/C15H15BrOS/c1-10(2)8-11-4-3-5-12(9-11)14(17)15-13(16)6-7-18-15/h3-7,9-10H,8H2,1-2H3. The second kappa shape index (κ2) is 5.81. The van der Waals surface area contributed by atoms with Crippen molar-refractivity contribution in [1.82, 2.24) is 0 Å². The van der Waals surface area contributed by atoms with Crippen LogP contribution >= 0.6 is 27.3 Å². The number of rotatable bonds is 4. The van der Waals surface area contributed by atoms with Gasteiger partial charge in [-0.25, -0.2) is 0 Å². The van der Waals surface area contributed by atoms with Crippen molar-refractivity contribution < 1.29 is 4.79 Å². The molecule has 0 saturated carbocycles. The molecule has 1 heterocycles. The Morgan fingerprint density at radius 2 is 2.11 bits per heavy atom. The van der Waals surface area contributed by atoms with Gasteiger partial charge in [0.2, 0.25) is 5.78 Å². The summed E-state index contributed by atoms with van der Waals surface area (Å²) in [4.78, 5) is 13.1. The highest BCUT2D eigenvalue weighted by Gasteiger charge is 2.14. The SMILES string of the molecule is CC(C)Cc1cccc(C(=O)c2sccc2Br)c1. The minimum Gasteiger partial charge on any atom is -0.288 e. The first kappa shape index (κ1) is 13.5. The average Bonchev–Trinajstić information content (AvgIpc) is 2.74. The molecule has 94 valence electrons.